The first kappa shape index (κ1) is 47.5. The number of halogens is 1. The molecule has 0 saturated carbocycles. The smallest absolute Gasteiger partial charge is 0.262 e. The molecule has 0 spiro atoms. The maximum Gasteiger partial charge on any atom is 0.262 e. The Balaban J connectivity index is 0.725. The van der Waals surface area contributed by atoms with Gasteiger partial charge in [0.15, 0.2) is 5.82 Å². The van der Waals surface area contributed by atoms with Crippen LogP contribution in [0.15, 0.2) is 66.9 Å². The van der Waals surface area contributed by atoms with Gasteiger partial charge in [-0.15, -0.1) is 0 Å². The molecule has 4 aromatic rings. The lowest BCUT2D eigenvalue weighted by Gasteiger charge is -2.43. The van der Waals surface area contributed by atoms with Gasteiger partial charge in [0, 0.05) is 87.4 Å². The SMILES string of the molecule is COc1cc(N2CCC(N3CCN(C(=O)CCCCCCNc4ccc5c(c4)C(=O)N(C4CCC(=O)NC4=O)C5=O)CC3)CC2)ccc1Nc1ncc(Cl)c(Nc2ccccc2P(C)(C)=O)n1. The number of unbranched alkanes of at least 4 members (excludes halogenated alkanes) is 3. The van der Waals surface area contributed by atoms with Crippen molar-refractivity contribution in [3.63, 3.8) is 0 Å². The highest BCUT2D eigenvalue weighted by molar-refractivity contribution is 7.70. The number of rotatable bonds is 17. The van der Waals surface area contributed by atoms with Crippen LogP contribution < -0.4 is 36.2 Å². The standard InChI is InChI=1S/C48H58ClN10O7P/c1-66-40-29-33(14-16-37(40)53-48-51-30-36(49)44(55-48)52-38-10-7-8-11-41(38)67(2,3)65)56-22-19-32(20-23-56)57-24-26-58(27-25-57)43(61)12-6-4-5-9-21-50-31-13-15-34-35(28-31)47(64)59(46(34)63)39-17-18-42(60)54-45(39)62/h7-8,10-11,13-16,28-30,32,39,50H,4-6,9,12,17-27H2,1-3H3,(H,54,60,62)(H2,51,52,53,55). The second kappa shape index (κ2) is 20.9. The Bertz CT molecular complexity index is 2580. The number of piperazine rings is 1. The molecule has 5 amide bonds. The normalized spacial score (nSPS) is 18.2. The predicted molar refractivity (Wildman–Crippen MR) is 260 cm³/mol. The zero-order valence-electron chi connectivity index (χ0n) is 38.2. The minimum absolute atomic E-state index is 0.0780. The zero-order valence-corrected chi connectivity index (χ0v) is 39.8. The molecule has 0 radical (unpaired) electrons. The van der Waals surface area contributed by atoms with Gasteiger partial charge < -0.3 is 35.1 Å². The number of anilines is 6. The summed E-state index contributed by atoms with van der Waals surface area (Å²) < 4.78 is 18.7. The van der Waals surface area contributed by atoms with Crippen molar-refractivity contribution in [1.82, 2.24) is 30.0 Å². The minimum atomic E-state index is -2.56. The summed E-state index contributed by atoms with van der Waals surface area (Å²) in [5, 5.41) is 13.1. The zero-order chi connectivity index (χ0) is 47.2. The van der Waals surface area contributed by atoms with Gasteiger partial charge in [-0.3, -0.25) is 39.1 Å². The number of hydrogen-bond acceptors (Lipinski definition) is 14. The Morgan fingerprint density at radius 2 is 1.60 bits per heavy atom. The van der Waals surface area contributed by atoms with Gasteiger partial charge in [0.1, 0.15) is 24.0 Å². The number of hydrogen-bond donors (Lipinski definition) is 4. The summed E-state index contributed by atoms with van der Waals surface area (Å²) >= 11 is 6.48. The van der Waals surface area contributed by atoms with Gasteiger partial charge in [0.25, 0.3) is 11.8 Å². The van der Waals surface area contributed by atoms with Crippen molar-refractivity contribution < 1.29 is 33.3 Å². The first-order chi connectivity index (χ1) is 32.3. The highest BCUT2D eigenvalue weighted by atomic mass is 35.5. The first-order valence-electron chi connectivity index (χ1n) is 23.0. The van der Waals surface area contributed by atoms with Crippen LogP contribution in [0.25, 0.3) is 0 Å². The van der Waals surface area contributed by atoms with E-state index in [2.05, 4.69) is 47.1 Å². The Morgan fingerprint density at radius 1 is 0.851 bits per heavy atom. The van der Waals surface area contributed by atoms with Crippen molar-refractivity contribution in [3.05, 3.63) is 83.0 Å². The van der Waals surface area contributed by atoms with E-state index in [4.69, 9.17) is 16.3 Å². The Morgan fingerprint density at radius 3 is 2.34 bits per heavy atom. The van der Waals surface area contributed by atoms with Gasteiger partial charge in [0.2, 0.25) is 23.7 Å². The fourth-order valence-corrected chi connectivity index (χ4v) is 10.6. The molecule has 3 saturated heterocycles. The van der Waals surface area contributed by atoms with Crippen molar-refractivity contribution in [2.24, 2.45) is 0 Å². The summed E-state index contributed by atoms with van der Waals surface area (Å²) in [6.45, 7) is 9.20. The largest absolute Gasteiger partial charge is 0.494 e. The number of aromatic nitrogens is 2. The van der Waals surface area contributed by atoms with Crippen molar-refractivity contribution in [3.8, 4) is 5.75 Å². The maximum atomic E-state index is 13.1. The molecule has 67 heavy (non-hydrogen) atoms. The number of fused-ring (bicyclic) bond motifs is 1. The van der Waals surface area contributed by atoms with Gasteiger partial charge in [-0.2, -0.15) is 4.98 Å². The van der Waals surface area contributed by atoms with Gasteiger partial charge in [-0.05, 0) is 87.9 Å². The second-order valence-electron chi connectivity index (χ2n) is 17.8. The summed E-state index contributed by atoms with van der Waals surface area (Å²) in [4.78, 5) is 80.1. The molecule has 0 aliphatic carbocycles. The fourth-order valence-electron chi connectivity index (χ4n) is 9.34. The highest BCUT2D eigenvalue weighted by Crippen LogP contribution is 2.39. The van der Waals surface area contributed by atoms with Gasteiger partial charge in [0.05, 0.1) is 35.8 Å². The number of carbonyl (C=O) groups is 5. The Hall–Kier alpha value is -6.03. The van der Waals surface area contributed by atoms with Crippen LogP contribution in [-0.4, -0.2) is 133 Å². The van der Waals surface area contributed by atoms with E-state index in [1.165, 1.54) is 6.20 Å². The number of ether oxygens (including phenoxy) is 1. The average molecular weight is 953 g/mol. The van der Waals surface area contributed by atoms with E-state index < -0.39 is 36.8 Å². The summed E-state index contributed by atoms with van der Waals surface area (Å²) in [7, 11) is -0.920. The summed E-state index contributed by atoms with van der Waals surface area (Å²) in [6.07, 6.45) is 7.92. The van der Waals surface area contributed by atoms with Crippen LogP contribution in [-0.2, 0) is 18.9 Å². The summed E-state index contributed by atoms with van der Waals surface area (Å²) in [5.41, 5.74) is 3.68. The number of carbonyl (C=O) groups excluding carboxylic acids is 5. The van der Waals surface area contributed by atoms with Crippen molar-refractivity contribution in [2.75, 3.05) is 87.1 Å². The van der Waals surface area contributed by atoms with Crippen LogP contribution in [0, 0.1) is 0 Å². The molecule has 0 bridgehead atoms. The average Bonchev–Trinajstić information content (AvgIpc) is 3.57. The monoisotopic (exact) mass is 952 g/mol. The number of nitrogens with zero attached hydrogens (tertiary/aromatic N) is 6. The fraction of sp³-hybridized carbons (Fsp3) is 0.438. The van der Waals surface area contributed by atoms with E-state index in [1.54, 1.807) is 38.6 Å². The number of amides is 5. The molecule has 354 valence electrons. The number of piperidine rings is 2. The predicted octanol–water partition coefficient (Wildman–Crippen LogP) is 6.45. The molecule has 1 aromatic heterocycles. The number of nitrogens with one attached hydrogen (secondary N) is 4. The molecule has 3 aromatic carbocycles. The lowest BCUT2D eigenvalue weighted by molar-refractivity contribution is -0.136. The lowest BCUT2D eigenvalue weighted by atomic mass is 10.0. The molecule has 4 N–H and O–H groups in total. The number of para-hydroxylation sites is 1. The van der Waals surface area contributed by atoms with E-state index in [1.807, 2.05) is 41.3 Å². The van der Waals surface area contributed by atoms with Crippen LogP contribution in [0.1, 0.15) is 78.5 Å². The highest BCUT2D eigenvalue weighted by Gasteiger charge is 2.44. The molecule has 5 heterocycles. The van der Waals surface area contributed by atoms with Crippen LogP contribution in [0.3, 0.4) is 0 Å². The molecule has 3 fully saturated rings. The van der Waals surface area contributed by atoms with E-state index >= 15 is 0 Å². The van der Waals surface area contributed by atoms with Gasteiger partial charge >= 0.3 is 0 Å². The number of benzene rings is 3. The molecule has 1 unspecified atom stereocenters. The third-order valence-corrected chi connectivity index (χ3v) is 14.8. The second-order valence-corrected chi connectivity index (χ2v) is 21.4. The van der Waals surface area contributed by atoms with Crippen LogP contribution in [0.4, 0.5) is 34.5 Å². The molecular weight excluding hydrogens is 895 g/mol. The van der Waals surface area contributed by atoms with E-state index in [9.17, 15) is 28.5 Å². The summed E-state index contributed by atoms with van der Waals surface area (Å²) in [5.74, 6) is -0.481. The Labute approximate surface area is 395 Å². The van der Waals surface area contributed by atoms with E-state index in [0.717, 1.165) is 88.4 Å². The first-order valence-corrected chi connectivity index (χ1v) is 26.0. The molecule has 4 aliphatic rings. The quantitative estimate of drug-likeness (QED) is 0.0512. The van der Waals surface area contributed by atoms with Crippen LogP contribution >= 0.6 is 18.7 Å². The molecule has 4 aliphatic heterocycles. The third kappa shape index (κ3) is 11.1. The third-order valence-electron chi connectivity index (χ3n) is 13.0. The van der Waals surface area contributed by atoms with Gasteiger partial charge in [-0.25, -0.2) is 4.98 Å². The minimum Gasteiger partial charge on any atom is -0.494 e. The van der Waals surface area contributed by atoms with Gasteiger partial charge in [-0.1, -0.05) is 36.6 Å². The molecule has 17 nitrogen and oxygen atoms in total. The Kier molecular flexibility index (Phi) is 14.8. The van der Waals surface area contributed by atoms with Crippen molar-refractivity contribution in [2.45, 2.75) is 69.9 Å². The maximum absolute atomic E-state index is 13.1. The molecule has 8 rings (SSSR count). The number of methoxy groups -OCH3 is 1. The van der Waals surface area contributed by atoms with E-state index in [-0.39, 0.29) is 29.9 Å². The van der Waals surface area contributed by atoms with Crippen molar-refractivity contribution >= 4 is 88.1 Å². The van der Waals surface area contributed by atoms with Crippen LogP contribution in [0.5, 0.6) is 5.75 Å². The summed E-state index contributed by atoms with van der Waals surface area (Å²) in [6, 6.07) is 18.0. The van der Waals surface area contributed by atoms with E-state index in [0.29, 0.717) is 63.9 Å². The lowest BCUT2D eigenvalue weighted by Crippen LogP contribution is -2.54. The number of imide groups is 2. The van der Waals surface area contributed by atoms with Crippen molar-refractivity contribution in [1.29, 1.82) is 0 Å². The van der Waals surface area contributed by atoms with Crippen LogP contribution in [0.2, 0.25) is 5.02 Å². The topological polar surface area (TPSA) is 199 Å². The molecule has 1 atom stereocenters. The molecule has 19 heteroatoms. The molecular formula is C48H58ClN10O7P.